The fraction of sp³-hybridized carbons (Fsp3) is 0.208. The fourth-order valence-electron chi connectivity index (χ4n) is 3.69. The van der Waals surface area contributed by atoms with Crippen LogP contribution in [0.1, 0.15) is 10.4 Å². The molecule has 1 aliphatic heterocycles. The van der Waals surface area contributed by atoms with Gasteiger partial charge in [0.2, 0.25) is 10.0 Å². The molecule has 32 heavy (non-hydrogen) atoms. The lowest BCUT2D eigenvalue weighted by Crippen LogP contribution is -2.41. The number of hydrogen-bond acceptors (Lipinski definition) is 4. The van der Waals surface area contributed by atoms with Crippen LogP contribution in [-0.4, -0.2) is 52.0 Å². The molecule has 0 atom stereocenters. The first kappa shape index (κ1) is 22.1. The van der Waals surface area contributed by atoms with Crippen molar-refractivity contribution in [2.24, 2.45) is 0 Å². The van der Waals surface area contributed by atoms with E-state index >= 15 is 0 Å². The summed E-state index contributed by atoms with van der Waals surface area (Å²) in [5.74, 6) is -1.33. The van der Waals surface area contributed by atoms with Crippen molar-refractivity contribution in [3.63, 3.8) is 0 Å². The quantitative estimate of drug-likeness (QED) is 0.588. The second-order valence-electron chi connectivity index (χ2n) is 7.41. The average Bonchev–Trinajstić information content (AvgIpc) is 2.84. The van der Waals surface area contributed by atoms with E-state index in [1.54, 1.807) is 7.05 Å². The number of sulfonamides is 1. The minimum absolute atomic E-state index is 0.0867. The van der Waals surface area contributed by atoms with Crippen molar-refractivity contribution < 1.29 is 22.3 Å². The Labute approximate surface area is 186 Å². The normalized spacial score (nSPS) is 14.8. The van der Waals surface area contributed by atoms with Crippen LogP contribution in [0, 0.1) is 5.82 Å². The SMILES string of the molecule is CN(C(=O)c1ccc(F)c(S(=O)(=O)N2CCOCC2)c1)c1ccccc1-c1ccccc1. The molecule has 1 saturated heterocycles. The first-order chi connectivity index (χ1) is 15.4. The van der Waals surface area contributed by atoms with Crippen molar-refractivity contribution >= 4 is 21.6 Å². The number of carbonyl (C=O) groups is 1. The molecule has 0 bridgehead atoms. The monoisotopic (exact) mass is 454 g/mol. The van der Waals surface area contributed by atoms with Crippen LogP contribution in [0.2, 0.25) is 0 Å². The lowest BCUT2D eigenvalue weighted by molar-refractivity contribution is 0.0729. The van der Waals surface area contributed by atoms with Crippen LogP contribution >= 0.6 is 0 Å². The average molecular weight is 455 g/mol. The second-order valence-corrected chi connectivity index (χ2v) is 9.32. The number of hydrogen-bond donors (Lipinski definition) is 0. The number of anilines is 1. The van der Waals surface area contributed by atoms with Crippen molar-refractivity contribution in [3.8, 4) is 11.1 Å². The first-order valence-corrected chi connectivity index (χ1v) is 11.6. The molecule has 0 aromatic heterocycles. The van der Waals surface area contributed by atoms with Gasteiger partial charge in [0.05, 0.1) is 18.9 Å². The van der Waals surface area contributed by atoms with Gasteiger partial charge in [-0.05, 0) is 29.8 Å². The molecular formula is C24H23FN2O4S. The highest BCUT2D eigenvalue weighted by molar-refractivity contribution is 7.89. The van der Waals surface area contributed by atoms with Crippen LogP contribution in [0.5, 0.6) is 0 Å². The van der Waals surface area contributed by atoms with Gasteiger partial charge in [0.15, 0.2) is 0 Å². The third-order valence-electron chi connectivity index (χ3n) is 5.42. The Morgan fingerprint density at radius 2 is 1.62 bits per heavy atom. The summed E-state index contributed by atoms with van der Waals surface area (Å²) in [6, 6.07) is 20.5. The highest BCUT2D eigenvalue weighted by atomic mass is 32.2. The summed E-state index contributed by atoms with van der Waals surface area (Å²) in [6.45, 7) is 0.783. The summed E-state index contributed by atoms with van der Waals surface area (Å²) in [4.78, 5) is 14.2. The minimum atomic E-state index is -4.08. The number of para-hydroxylation sites is 1. The minimum Gasteiger partial charge on any atom is -0.379 e. The van der Waals surface area contributed by atoms with Crippen molar-refractivity contribution in [3.05, 3.63) is 84.2 Å². The summed E-state index contributed by atoms with van der Waals surface area (Å²) in [7, 11) is -2.47. The van der Waals surface area contributed by atoms with Gasteiger partial charge in [-0.15, -0.1) is 0 Å². The largest absolute Gasteiger partial charge is 0.379 e. The Bertz CT molecular complexity index is 1230. The Kier molecular flexibility index (Phi) is 6.36. The molecule has 166 valence electrons. The van der Waals surface area contributed by atoms with Gasteiger partial charge >= 0.3 is 0 Å². The van der Waals surface area contributed by atoms with Crippen molar-refractivity contribution in [2.75, 3.05) is 38.3 Å². The van der Waals surface area contributed by atoms with Crippen LogP contribution in [-0.2, 0) is 14.8 Å². The molecule has 6 nitrogen and oxygen atoms in total. The van der Waals surface area contributed by atoms with Crippen LogP contribution in [0.3, 0.4) is 0 Å². The highest BCUT2D eigenvalue weighted by Gasteiger charge is 2.30. The van der Waals surface area contributed by atoms with Gasteiger partial charge < -0.3 is 9.64 Å². The van der Waals surface area contributed by atoms with E-state index in [9.17, 15) is 17.6 Å². The summed E-state index contributed by atoms with van der Waals surface area (Å²) in [5, 5.41) is 0. The number of ether oxygens (including phenoxy) is 1. The molecule has 8 heteroatoms. The predicted octanol–water partition coefficient (Wildman–Crippen LogP) is 3.79. The van der Waals surface area contributed by atoms with E-state index in [2.05, 4.69) is 0 Å². The zero-order chi connectivity index (χ0) is 22.7. The molecule has 0 radical (unpaired) electrons. The lowest BCUT2D eigenvalue weighted by Gasteiger charge is -2.26. The molecule has 0 unspecified atom stereocenters. The molecule has 0 aliphatic carbocycles. The van der Waals surface area contributed by atoms with Crippen molar-refractivity contribution in [2.45, 2.75) is 4.90 Å². The number of carbonyl (C=O) groups excluding carboxylic acids is 1. The zero-order valence-corrected chi connectivity index (χ0v) is 18.4. The van der Waals surface area contributed by atoms with Gasteiger partial charge in [-0.1, -0.05) is 48.5 Å². The summed E-state index contributed by atoms with van der Waals surface area (Å²) in [5.41, 5.74) is 2.54. The van der Waals surface area contributed by atoms with E-state index in [0.717, 1.165) is 23.3 Å². The fourth-order valence-corrected chi connectivity index (χ4v) is 5.19. The van der Waals surface area contributed by atoms with Gasteiger partial charge in [-0.3, -0.25) is 4.79 Å². The van der Waals surface area contributed by atoms with Gasteiger partial charge in [0.1, 0.15) is 10.7 Å². The number of nitrogens with zero attached hydrogens (tertiary/aromatic N) is 2. The number of halogens is 1. The van der Waals surface area contributed by atoms with Gasteiger partial charge in [0, 0.05) is 31.3 Å². The molecule has 1 amide bonds. The third kappa shape index (κ3) is 4.29. The maximum absolute atomic E-state index is 14.5. The summed E-state index contributed by atoms with van der Waals surface area (Å²) >= 11 is 0. The second kappa shape index (κ2) is 9.20. The number of rotatable bonds is 5. The topological polar surface area (TPSA) is 66.9 Å². The Morgan fingerprint density at radius 1 is 0.969 bits per heavy atom. The molecule has 3 aromatic rings. The molecule has 1 heterocycles. The van der Waals surface area contributed by atoms with Crippen molar-refractivity contribution in [1.82, 2.24) is 4.31 Å². The maximum atomic E-state index is 14.5. The van der Waals surface area contributed by atoms with E-state index < -0.39 is 26.6 Å². The van der Waals surface area contributed by atoms with E-state index in [0.29, 0.717) is 5.69 Å². The summed E-state index contributed by atoms with van der Waals surface area (Å²) < 4.78 is 46.8. The number of benzene rings is 3. The smallest absolute Gasteiger partial charge is 0.258 e. The van der Waals surface area contributed by atoms with Crippen LogP contribution in [0.15, 0.2) is 77.7 Å². The summed E-state index contributed by atoms with van der Waals surface area (Å²) in [6.07, 6.45) is 0. The Morgan fingerprint density at radius 3 is 2.34 bits per heavy atom. The van der Waals surface area contributed by atoms with Gasteiger partial charge in [0.25, 0.3) is 5.91 Å². The van der Waals surface area contributed by atoms with Crippen molar-refractivity contribution in [1.29, 1.82) is 0 Å². The molecule has 0 spiro atoms. The molecule has 1 fully saturated rings. The zero-order valence-electron chi connectivity index (χ0n) is 17.6. The third-order valence-corrected chi connectivity index (χ3v) is 7.33. The first-order valence-electron chi connectivity index (χ1n) is 10.2. The Hall–Kier alpha value is -3.07. The molecule has 0 saturated carbocycles. The molecule has 0 N–H and O–H groups in total. The number of amides is 1. The molecular weight excluding hydrogens is 431 g/mol. The van der Waals surface area contributed by atoms with Gasteiger partial charge in [-0.2, -0.15) is 4.31 Å². The molecule has 1 aliphatic rings. The number of morpholine rings is 1. The maximum Gasteiger partial charge on any atom is 0.258 e. The molecule has 4 rings (SSSR count). The van der Waals surface area contributed by atoms with Crippen LogP contribution in [0.25, 0.3) is 11.1 Å². The van der Waals surface area contributed by atoms with E-state index in [4.69, 9.17) is 4.74 Å². The van der Waals surface area contributed by atoms with Crippen LogP contribution in [0.4, 0.5) is 10.1 Å². The van der Waals surface area contributed by atoms with Crippen LogP contribution < -0.4 is 4.90 Å². The van der Waals surface area contributed by atoms with E-state index in [1.807, 2.05) is 54.6 Å². The van der Waals surface area contributed by atoms with Gasteiger partial charge in [-0.25, -0.2) is 12.8 Å². The van der Waals surface area contributed by atoms with E-state index in [1.165, 1.54) is 15.3 Å². The predicted molar refractivity (Wildman–Crippen MR) is 121 cm³/mol. The van der Waals surface area contributed by atoms with E-state index in [-0.39, 0.29) is 31.9 Å². The highest BCUT2D eigenvalue weighted by Crippen LogP contribution is 2.31. The molecule has 3 aromatic carbocycles. The standard InChI is InChI=1S/C24H23FN2O4S/c1-26(22-10-6-5-9-20(22)18-7-3-2-4-8-18)24(28)19-11-12-21(25)23(17-19)32(29,30)27-13-15-31-16-14-27/h2-12,17H,13-16H2,1H3. The lowest BCUT2D eigenvalue weighted by atomic mass is 10.0. The Balaban J connectivity index is 1.69.